The van der Waals surface area contributed by atoms with Crippen molar-refractivity contribution in [1.82, 2.24) is 0 Å². The molecule has 0 fully saturated rings. The monoisotopic (exact) mass is 310 g/mol. The highest BCUT2D eigenvalue weighted by Crippen LogP contribution is 2.26. The highest BCUT2D eigenvalue weighted by Gasteiger charge is 2.21. The Hall–Kier alpha value is -2.49. The smallest absolute Gasteiger partial charge is 0.246 e. The molecule has 0 aliphatic carbocycles. The summed E-state index contributed by atoms with van der Waals surface area (Å²) in [5.41, 5.74) is 3.20. The number of ether oxygens (including phenoxy) is 1. The van der Waals surface area contributed by atoms with Gasteiger partial charge in [0.25, 0.3) is 0 Å². The number of nitrogens with one attached hydrogen (secondary N) is 1. The third kappa shape index (κ3) is 3.65. The van der Waals surface area contributed by atoms with Crippen molar-refractivity contribution in [3.8, 4) is 5.75 Å². The van der Waals surface area contributed by atoms with Crippen LogP contribution >= 0.6 is 0 Å². The van der Waals surface area contributed by atoms with Gasteiger partial charge in [-0.25, -0.2) is 0 Å². The van der Waals surface area contributed by atoms with Crippen LogP contribution in [0.1, 0.15) is 18.9 Å². The molecule has 2 aromatic carbocycles. The lowest BCUT2D eigenvalue weighted by molar-refractivity contribution is -0.117. The molecule has 2 aromatic rings. The number of amides is 1. The van der Waals surface area contributed by atoms with Gasteiger partial charge in [0.05, 0.1) is 13.2 Å². The summed E-state index contributed by atoms with van der Waals surface area (Å²) in [6.07, 6.45) is 2.06. The van der Waals surface area contributed by atoms with Crippen LogP contribution in [-0.4, -0.2) is 25.6 Å². The maximum Gasteiger partial charge on any atom is 0.246 e. The van der Waals surface area contributed by atoms with E-state index in [1.165, 1.54) is 5.56 Å². The number of carbonyl (C=O) groups is 1. The molecule has 0 unspecified atom stereocenters. The summed E-state index contributed by atoms with van der Waals surface area (Å²) in [5.74, 6) is 0.909. The van der Waals surface area contributed by atoms with E-state index in [4.69, 9.17) is 4.74 Å². The first-order chi connectivity index (χ1) is 11.3. The Morgan fingerprint density at radius 2 is 2.09 bits per heavy atom. The molecule has 0 radical (unpaired) electrons. The van der Waals surface area contributed by atoms with E-state index in [-0.39, 0.29) is 12.5 Å². The second-order valence-corrected chi connectivity index (χ2v) is 5.59. The van der Waals surface area contributed by atoms with Crippen molar-refractivity contribution in [3.63, 3.8) is 0 Å². The van der Waals surface area contributed by atoms with E-state index in [0.29, 0.717) is 6.61 Å². The molecule has 0 saturated heterocycles. The Morgan fingerprint density at radius 3 is 2.96 bits per heavy atom. The van der Waals surface area contributed by atoms with E-state index >= 15 is 0 Å². The summed E-state index contributed by atoms with van der Waals surface area (Å²) in [5, 5.41) is 3.20. The number of carbonyl (C=O) groups excluding carboxylic acids is 1. The SMILES string of the molecule is CCOc1cccc(NCC(=O)N2CCCc3ccccc32)c1. The van der Waals surface area contributed by atoms with E-state index in [9.17, 15) is 4.79 Å². The standard InChI is InChI=1S/C19H22N2O2/c1-2-23-17-10-5-9-16(13-17)20-14-19(22)21-12-6-8-15-7-3-4-11-18(15)21/h3-5,7,9-11,13,20H,2,6,8,12,14H2,1H3. The lowest BCUT2D eigenvalue weighted by Gasteiger charge is -2.29. The first-order valence-electron chi connectivity index (χ1n) is 8.13. The number of nitrogens with zero attached hydrogens (tertiary/aromatic N) is 1. The van der Waals surface area contributed by atoms with E-state index in [1.54, 1.807) is 0 Å². The lowest BCUT2D eigenvalue weighted by atomic mass is 10.0. The zero-order valence-electron chi connectivity index (χ0n) is 13.4. The minimum absolute atomic E-state index is 0.0963. The lowest BCUT2D eigenvalue weighted by Crippen LogP contribution is -2.39. The number of para-hydroxylation sites is 1. The molecule has 1 N–H and O–H groups in total. The molecule has 3 rings (SSSR count). The number of hydrogen-bond acceptors (Lipinski definition) is 3. The van der Waals surface area contributed by atoms with Crippen molar-refractivity contribution in [3.05, 3.63) is 54.1 Å². The summed E-state index contributed by atoms with van der Waals surface area (Å²) < 4.78 is 5.48. The van der Waals surface area contributed by atoms with Crippen molar-refractivity contribution in [2.24, 2.45) is 0 Å². The minimum atomic E-state index is 0.0963. The number of fused-ring (bicyclic) bond motifs is 1. The maximum atomic E-state index is 12.6. The van der Waals surface area contributed by atoms with Crippen LogP contribution in [0.5, 0.6) is 5.75 Å². The maximum absolute atomic E-state index is 12.6. The molecule has 1 amide bonds. The number of anilines is 2. The van der Waals surface area contributed by atoms with Crippen LogP contribution in [0.4, 0.5) is 11.4 Å². The van der Waals surface area contributed by atoms with Crippen molar-refractivity contribution in [2.45, 2.75) is 19.8 Å². The first-order valence-corrected chi connectivity index (χ1v) is 8.13. The predicted molar refractivity (Wildman–Crippen MR) is 93.2 cm³/mol. The Kier molecular flexibility index (Phi) is 4.81. The van der Waals surface area contributed by atoms with Gasteiger partial charge in [-0.05, 0) is 43.5 Å². The van der Waals surface area contributed by atoms with Crippen LogP contribution in [0.25, 0.3) is 0 Å². The van der Waals surface area contributed by atoms with Crippen molar-refractivity contribution in [1.29, 1.82) is 0 Å². The fraction of sp³-hybridized carbons (Fsp3) is 0.316. The highest BCUT2D eigenvalue weighted by atomic mass is 16.5. The molecule has 4 heteroatoms. The Bertz CT molecular complexity index is 685. The summed E-state index contributed by atoms with van der Waals surface area (Å²) in [6.45, 7) is 3.66. The highest BCUT2D eigenvalue weighted by molar-refractivity contribution is 5.97. The average molecular weight is 310 g/mol. The molecule has 23 heavy (non-hydrogen) atoms. The minimum Gasteiger partial charge on any atom is -0.494 e. The summed E-state index contributed by atoms with van der Waals surface area (Å²) in [4.78, 5) is 14.5. The molecule has 120 valence electrons. The van der Waals surface area contributed by atoms with Crippen molar-refractivity contribution in [2.75, 3.05) is 29.9 Å². The van der Waals surface area contributed by atoms with E-state index in [1.807, 2.05) is 54.3 Å². The second kappa shape index (κ2) is 7.18. The molecule has 1 aliphatic heterocycles. The predicted octanol–water partition coefficient (Wildman–Crippen LogP) is 3.48. The zero-order valence-corrected chi connectivity index (χ0v) is 13.4. The number of hydrogen-bond donors (Lipinski definition) is 1. The third-order valence-corrected chi connectivity index (χ3v) is 4.00. The Morgan fingerprint density at radius 1 is 1.22 bits per heavy atom. The number of rotatable bonds is 5. The quantitative estimate of drug-likeness (QED) is 0.919. The van der Waals surface area contributed by atoms with Gasteiger partial charge in [0.2, 0.25) is 5.91 Å². The molecular weight excluding hydrogens is 288 g/mol. The first kappa shape index (κ1) is 15.4. The van der Waals surface area contributed by atoms with Crippen LogP contribution in [-0.2, 0) is 11.2 Å². The Labute approximate surface area is 137 Å². The molecule has 0 spiro atoms. The van der Waals surface area contributed by atoms with Gasteiger partial charge < -0.3 is 15.0 Å². The largest absolute Gasteiger partial charge is 0.494 e. The van der Waals surface area contributed by atoms with Crippen molar-refractivity contribution >= 4 is 17.3 Å². The normalized spacial score (nSPS) is 13.3. The van der Waals surface area contributed by atoms with Gasteiger partial charge in [-0.3, -0.25) is 4.79 Å². The van der Waals surface area contributed by atoms with E-state index < -0.39 is 0 Å². The zero-order chi connectivity index (χ0) is 16.1. The molecular formula is C19H22N2O2. The van der Waals surface area contributed by atoms with Gasteiger partial charge in [0.15, 0.2) is 0 Å². The summed E-state index contributed by atoms with van der Waals surface area (Å²) >= 11 is 0. The van der Waals surface area contributed by atoms with Crippen LogP contribution in [0, 0.1) is 0 Å². The van der Waals surface area contributed by atoms with E-state index in [2.05, 4.69) is 11.4 Å². The topological polar surface area (TPSA) is 41.6 Å². The van der Waals surface area contributed by atoms with Gasteiger partial charge in [-0.1, -0.05) is 24.3 Å². The van der Waals surface area contributed by atoms with Gasteiger partial charge >= 0.3 is 0 Å². The van der Waals surface area contributed by atoms with Gasteiger partial charge in [-0.15, -0.1) is 0 Å². The Balaban J connectivity index is 1.65. The van der Waals surface area contributed by atoms with E-state index in [0.717, 1.165) is 36.5 Å². The van der Waals surface area contributed by atoms with Crippen LogP contribution in [0.15, 0.2) is 48.5 Å². The fourth-order valence-electron chi connectivity index (χ4n) is 2.93. The second-order valence-electron chi connectivity index (χ2n) is 5.59. The average Bonchev–Trinajstić information content (AvgIpc) is 2.60. The van der Waals surface area contributed by atoms with Crippen molar-refractivity contribution < 1.29 is 9.53 Å². The molecule has 0 aromatic heterocycles. The summed E-state index contributed by atoms with van der Waals surface area (Å²) in [6, 6.07) is 15.9. The fourth-order valence-corrected chi connectivity index (χ4v) is 2.93. The van der Waals surface area contributed by atoms with Crippen LogP contribution < -0.4 is 15.0 Å². The van der Waals surface area contributed by atoms with Gasteiger partial charge in [-0.2, -0.15) is 0 Å². The molecule has 0 saturated carbocycles. The molecule has 4 nitrogen and oxygen atoms in total. The van der Waals surface area contributed by atoms with Crippen LogP contribution in [0.3, 0.4) is 0 Å². The van der Waals surface area contributed by atoms with Gasteiger partial charge in [0.1, 0.15) is 5.75 Å². The number of aryl methyl sites for hydroxylation is 1. The third-order valence-electron chi connectivity index (χ3n) is 4.00. The molecule has 1 aliphatic rings. The van der Waals surface area contributed by atoms with Gasteiger partial charge in [0, 0.05) is 24.0 Å². The van der Waals surface area contributed by atoms with Crippen LogP contribution in [0.2, 0.25) is 0 Å². The molecule has 1 heterocycles. The summed E-state index contributed by atoms with van der Waals surface area (Å²) in [7, 11) is 0. The number of benzene rings is 2. The molecule has 0 atom stereocenters. The molecule has 0 bridgehead atoms.